The average molecular weight is 451 g/mol. The molecule has 33 heavy (non-hydrogen) atoms. The van der Waals surface area contributed by atoms with Crippen molar-refractivity contribution in [1.82, 2.24) is 10.2 Å². The third-order valence-corrected chi connectivity index (χ3v) is 5.74. The molecule has 0 heterocycles. The van der Waals surface area contributed by atoms with Gasteiger partial charge in [-0.15, -0.1) is 0 Å². The number of ether oxygens (including phenoxy) is 2. The molecule has 3 rings (SSSR count). The van der Waals surface area contributed by atoms with E-state index >= 15 is 0 Å². The van der Waals surface area contributed by atoms with Crippen LogP contribution in [0.15, 0.2) is 61.2 Å². The number of carbonyl (C=O) groups excluding carboxylic acids is 3. The van der Waals surface area contributed by atoms with E-state index in [9.17, 15) is 14.4 Å². The number of fused-ring (bicyclic) bond motifs is 3. The normalized spacial score (nSPS) is 12.8. The van der Waals surface area contributed by atoms with E-state index < -0.39 is 18.1 Å². The van der Waals surface area contributed by atoms with Crippen molar-refractivity contribution in [3.63, 3.8) is 0 Å². The largest absolute Gasteiger partial charge is 0.461 e. The summed E-state index contributed by atoms with van der Waals surface area (Å²) < 4.78 is 10.5. The van der Waals surface area contributed by atoms with E-state index in [2.05, 4.69) is 24.0 Å². The first-order valence-corrected chi connectivity index (χ1v) is 11.2. The van der Waals surface area contributed by atoms with E-state index in [-0.39, 0.29) is 31.5 Å². The first-order valence-electron chi connectivity index (χ1n) is 11.2. The van der Waals surface area contributed by atoms with Gasteiger partial charge in [-0.2, -0.15) is 0 Å². The van der Waals surface area contributed by atoms with Crippen molar-refractivity contribution in [1.29, 1.82) is 0 Å². The highest BCUT2D eigenvalue weighted by Crippen LogP contribution is 2.44. The molecule has 7 heteroatoms. The van der Waals surface area contributed by atoms with Crippen LogP contribution in [-0.2, 0) is 19.1 Å². The predicted molar refractivity (Wildman–Crippen MR) is 126 cm³/mol. The van der Waals surface area contributed by atoms with Gasteiger partial charge in [0.25, 0.3) is 0 Å². The second kappa shape index (κ2) is 11.3. The number of esters is 1. The van der Waals surface area contributed by atoms with Crippen LogP contribution in [0.4, 0.5) is 4.79 Å². The van der Waals surface area contributed by atoms with Crippen LogP contribution in [0.25, 0.3) is 11.1 Å². The number of benzene rings is 2. The van der Waals surface area contributed by atoms with Gasteiger partial charge in [0.2, 0.25) is 5.91 Å². The highest BCUT2D eigenvalue weighted by Gasteiger charge is 2.31. The standard InChI is InChI=1S/C26H30N2O5/c1-4-15-32-24(29)16-23(25(30)28(5-2)6-3)27-26(31)33-17-22-20-13-9-7-11-18(20)19-12-8-10-14-21(19)22/h4,7-14,22-23H,1,5-6,15-17H2,2-3H3,(H,27,31)/t23-/m0/s1. The lowest BCUT2D eigenvalue weighted by atomic mass is 9.98. The zero-order chi connectivity index (χ0) is 23.8. The van der Waals surface area contributed by atoms with Gasteiger partial charge >= 0.3 is 12.1 Å². The molecule has 0 saturated heterocycles. The van der Waals surface area contributed by atoms with Crippen molar-refractivity contribution >= 4 is 18.0 Å². The number of rotatable bonds is 10. The molecule has 1 N–H and O–H groups in total. The number of nitrogens with one attached hydrogen (secondary N) is 1. The molecule has 0 unspecified atom stereocenters. The molecule has 1 aliphatic rings. The Hall–Kier alpha value is -3.61. The number of hydrogen-bond acceptors (Lipinski definition) is 5. The number of amides is 2. The molecule has 2 aromatic rings. The summed E-state index contributed by atoms with van der Waals surface area (Å²) in [5, 5.41) is 2.57. The van der Waals surface area contributed by atoms with Gasteiger partial charge in [-0.05, 0) is 36.1 Å². The molecular formula is C26H30N2O5. The fourth-order valence-corrected chi connectivity index (χ4v) is 4.12. The molecule has 1 atom stereocenters. The second-order valence-electron chi connectivity index (χ2n) is 7.71. The Kier molecular flexibility index (Phi) is 8.24. The molecule has 2 amide bonds. The van der Waals surface area contributed by atoms with Crippen LogP contribution < -0.4 is 5.32 Å². The minimum absolute atomic E-state index is 0.0377. The maximum atomic E-state index is 12.9. The number of nitrogens with zero attached hydrogens (tertiary/aromatic N) is 1. The van der Waals surface area contributed by atoms with Gasteiger partial charge in [-0.25, -0.2) is 4.79 Å². The zero-order valence-corrected chi connectivity index (χ0v) is 19.1. The highest BCUT2D eigenvalue weighted by atomic mass is 16.5. The fraction of sp³-hybridized carbons (Fsp3) is 0.346. The smallest absolute Gasteiger partial charge is 0.407 e. The molecule has 174 valence electrons. The topological polar surface area (TPSA) is 84.9 Å². The molecule has 0 saturated carbocycles. The van der Waals surface area contributed by atoms with Crippen molar-refractivity contribution in [2.24, 2.45) is 0 Å². The number of hydrogen-bond donors (Lipinski definition) is 1. The van der Waals surface area contributed by atoms with Crippen LogP contribution in [-0.4, -0.2) is 55.2 Å². The Bertz CT molecular complexity index is 970. The Balaban J connectivity index is 1.69. The van der Waals surface area contributed by atoms with Crippen molar-refractivity contribution in [3.8, 4) is 11.1 Å². The maximum Gasteiger partial charge on any atom is 0.407 e. The van der Waals surface area contributed by atoms with E-state index in [0.717, 1.165) is 22.3 Å². The molecule has 0 aromatic heterocycles. The first-order chi connectivity index (χ1) is 16.0. The molecular weight excluding hydrogens is 420 g/mol. The summed E-state index contributed by atoms with van der Waals surface area (Å²) in [6.45, 7) is 8.24. The molecule has 1 aliphatic carbocycles. The summed E-state index contributed by atoms with van der Waals surface area (Å²) in [5.74, 6) is -1.05. The van der Waals surface area contributed by atoms with E-state index in [1.54, 1.807) is 4.90 Å². The van der Waals surface area contributed by atoms with Crippen molar-refractivity contribution < 1.29 is 23.9 Å². The Morgan fingerprint density at radius 2 is 1.58 bits per heavy atom. The Morgan fingerprint density at radius 1 is 1.00 bits per heavy atom. The van der Waals surface area contributed by atoms with Crippen LogP contribution in [0, 0.1) is 0 Å². The summed E-state index contributed by atoms with van der Waals surface area (Å²) in [6, 6.07) is 15.0. The molecule has 0 bridgehead atoms. The number of carbonyl (C=O) groups is 3. The van der Waals surface area contributed by atoms with Gasteiger partial charge in [-0.3, -0.25) is 9.59 Å². The third-order valence-electron chi connectivity index (χ3n) is 5.74. The minimum atomic E-state index is -1.07. The molecule has 0 spiro atoms. The SMILES string of the molecule is C=CCOC(=O)C[C@H](NC(=O)OCC1c2ccccc2-c2ccccc21)C(=O)N(CC)CC. The molecule has 0 aliphatic heterocycles. The Morgan fingerprint density at radius 3 is 2.12 bits per heavy atom. The quantitative estimate of drug-likeness (QED) is 0.439. The summed E-state index contributed by atoms with van der Waals surface area (Å²) in [6.07, 6.45) is 0.407. The number of likely N-dealkylation sites (N-methyl/N-ethyl adjacent to an activating group) is 1. The van der Waals surface area contributed by atoms with Crippen molar-refractivity contribution in [3.05, 3.63) is 72.3 Å². The van der Waals surface area contributed by atoms with E-state index in [1.807, 2.05) is 50.2 Å². The minimum Gasteiger partial charge on any atom is -0.461 e. The van der Waals surface area contributed by atoms with Crippen LogP contribution in [0.1, 0.15) is 37.3 Å². The van der Waals surface area contributed by atoms with Gasteiger partial charge in [0.15, 0.2) is 0 Å². The lowest BCUT2D eigenvalue weighted by molar-refractivity contribution is -0.146. The molecule has 7 nitrogen and oxygen atoms in total. The molecule has 2 aromatic carbocycles. The van der Waals surface area contributed by atoms with Gasteiger partial charge in [-0.1, -0.05) is 61.2 Å². The molecule has 0 fully saturated rings. The predicted octanol–water partition coefficient (Wildman–Crippen LogP) is 3.88. The van der Waals surface area contributed by atoms with E-state index in [1.165, 1.54) is 6.08 Å². The average Bonchev–Trinajstić information content (AvgIpc) is 3.15. The first kappa shape index (κ1) is 24.0. The lowest BCUT2D eigenvalue weighted by Crippen LogP contribution is -2.50. The van der Waals surface area contributed by atoms with Gasteiger partial charge in [0, 0.05) is 19.0 Å². The van der Waals surface area contributed by atoms with Crippen LogP contribution in [0.5, 0.6) is 0 Å². The summed E-state index contributed by atoms with van der Waals surface area (Å²) in [5.41, 5.74) is 4.44. The van der Waals surface area contributed by atoms with Crippen LogP contribution in [0.3, 0.4) is 0 Å². The zero-order valence-electron chi connectivity index (χ0n) is 19.1. The summed E-state index contributed by atoms with van der Waals surface area (Å²) in [7, 11) is 0. The monoisotopic (exact) mass is 450 g/mol. The van der Waals surface area contributed by atoms with Gasteiger partial charge in [0.05, 0.1) is 6.42 Å². The lowest BCUT2D eigenvalue weighted by Gasteiger charge is -2.25. The van der Waals surface area contributed by atoms with Crippen LogP contribution in [0.2, 0.25) is 0 Å². The highest BCUT2D eigenvalue weighted by molar-refractivity contribution is 5.89. The van der Waals surface area contributed by atoms with E-state index in [4.69, 9.17) is 9.47 Å². The summed E-state index contributed by atoms with van der Waals surface area (Å²) >= 11 is 0. The Labute approximate surface area is 194 Å². The number of alkyl carbamates (subject to hydrolysis) is 1. The summed E-state index contributed by atoms with van der Waals surface area (Å²) in [4.78, 5) is 39.2. The van der Waals surface area contributed by atoms with Crippen molar-refractivity contribution in [2.45, 2.75) is 32.2 Å². The molecule has 0 radical (unpaired) electrons. The van der Waals surface area contributed by atoms with E-state index in [0.29, 0.717) is 13.1 Å². The van der Waals surface area contributed by atoms with Crippen molar-refractivity contribution in [2.75, 3.05) is 26.3 Å². The third kappa shape index (κ3) is 5.61. The maximum absolute atomic E-state index is 12.9. The second-order valence-corrected chi connectivity index (χ2v) is 7.71. The fourth-order valence-electron chi connectivity index (χ4n) is 4.12. The van der Waals surface area contributed by atoms with Gasteiger partial charge in [0.1, 0.15) is 19.3 Å². The van der Waals surface area contributed by atoms with Crippen LogP contribution >= 0.6 is 0 Å². The van der Waals surface area contributed by atoms with Gasteiger partial charge < -0.3 is 19.7 Å².